The molecule has 0 aliphatic rings. The summed E-state index contributed by atoms with van der Waals surface area (Å²) in [5.74, 6) is 0.104. The van der Waals surface area contributed by atoms with Crippen molar-refractivity contribution in [1.29, 1.82) is 0 Å². The van der Waals surface area contributed by atoms with Crippen LogP contribution < -0.4 is 0 Å². The van der Waals surface area contributed by atoms with Gasteiger partial charge in [0.05, 0.1) is 33.8 Å². The van der Waals surface area contributed by atoms with Crippen molar-refractivity contribution in [3.8, 4) is 89.7 Å². The maximum atomic E-state index is 13.5. The molecule has 5 aromatic heterocycles. The molecule has 4 radical (unpaired) electrons. The molecular formula is C112H105FIr4N5O6-5. The molecule has 0 aliphatic carbocycles. The van der Waals surface area contributed by atoms with Gasteiger partial charge < -0.3 is 25.3 Å². The first-order chi connectivity index (χ1) is 59.4. The van der Waals surface area contributed by atoms with Crippen LogP contribution in [0.4, 0.5) is 4.39 Å². The van der Waals surface area contributed by atoms with Crippen LogP contribution in [-0.4, -0.2) is 57.6 Å². The van der Waals surface area contributed by atoms with Crippen molar-refractivity contribution in [3.63, 3.8) is 0 Å². The minimum absolute atomic E-state index is 0. The molecule has 0 spiro atoms. The average Bonchev–Trinajstić information content (AvgIpc) is 0.783. The number of rotatable bonds is 13. The first-order valence-electron chi connectivity index (χ1n) is 40.9. The average molecular weight is 2400 g/mol. The molecule has 16 heteroatoms. The number of halogens is 1. The van der Waals surface area contributed by atoms with Crippen LogP contribution in [0.2, 0.25) is 0 Å². The Morgan fingerprint density at radius 3 is 1.15 bits per heavy atom. The van der Waals surface area contributed by atoms with Gasteiger partial charge in [0.1, 0.15) is 5.82 Å². The van der Waals surface area contributed by atoms with Gasteiger partial charge in [0.2, 0.25) is 0 Å². The van der Waals surface area contributed by atoms with Crippen molar-refractivity contribution in [2.24, 2.45) is 5.92 Å². The van der Waals surface area contributed by atoms with Crippen LogP contribution in [0.5, 0.6) is 0 Å². The van der Waals surface area contributed by atoms with Crippen LogP contribution in [0.25, 0.3) is 122 Å². The quantitative estimate of drug-likeness (QED) is 0.0569. The van der Waals surface area contributed by atoms with E-state index in [0.717, 1.165) is 90.2 Å². The third-order valence-corrected chi connectivity index (χ3v) is 18.9. The van der Waals surface area contributed by atoms with Crippen LogP contribution in [0.15, 0.2) is 327 Å². The van der Waals surface area contributed by atoms with Gasteiger partial charge in [-0.3, -0.25) is 29.3 Å². The SMILES string of the molecule is CC(=O)C=C(C)O.CC(=O)C=C(C)O.CC(=O)C=C(C)O.CC(C)Cc1cc(-c2[c-]cccc2)nc2ccc(F)cc12.Cc1c[c-]c(-c2cc(-c3ccc(C)cc3)c3cc(C)ccc3n2)cc1.Cc1cc(-c2[c-]cccc2)ncc1-c1ccccc1.Cc1ccc(-c2cc(-c3[c-]ccc(C)c3)nc3ccc(C)cc23)cc1.Cc1ccnc(-c2[c-]cccc2)c1.[Ir].[Ir].[Ir].[Ir]. The predicted octanol–water partition coefficient (Wildman–Crippen LogP) is 28.1. The Morgan fingerprint density at radius 2 is 0.734 bits per heavy atom. The zero-order valence-electron chi connectivity index (χ0n) is 74.7. The summed E-state index contributed by atoms with van der Waals surface area (Å²) in [5, 5.41) is 28.4. The second-order valence-electron chi connectivity index (χ2n) is 30.9. The van der Waals surface area contributed by atoms with E-state index in [1.54, 1.807) is 12.1 Å². The Balaban J connectivity index is 0.000000269. The monoisotopic (exact) mass is 2410 g/mol. The number of nitrogens with zero attached hydrogens (tertiary/aromatic N) is 5. The number of allylic oxidation sites excluding steroid dienone is 6. The van der Waals surface area contributed by atoms with Crippen molar-refractivity contribution >= 4 is 50.1 Å². The van der Waals surface area contributed by atoms with Crippen LogP contribution >= 0.6 is 0 Å². The number of carbonyl (C=O) groups is 3. The summed E-state index contributed by atoms with van der Waals surface area (Å²) in [7, 11) is 0. The number of fused-ring (bicyclic) bond motifs is 3. The Bertz CT molecular complexity index is 6300. The first-order valence-corrected chi connectivity index (χ1v) is 40.9. The van der Waals surface area contributed by atoms with E-state index < -0.39 is 0 Å². The number of pyridine rings is 5. The molecule has 0 fully saturated rings. The fourth-order valence-corrected chi connectivity index (χ4v) is 13.2. The molecule has 11 nitrogen and oxygen atoms in total. The summed E-state index contributed by atoms with van der Waals surface area (Å²) in [6.45, 7) is 29.7. The fourth-order valence-electron chi connectivity index (χ4n) is 13.2. The molecule has 0 unspecified atom stereocenters. The van der Waals surface area contributed by atoms with Crippen LogP contribution in [0, 0.1) is 97.5 Å². The number of hydrogen-bond donors (Lipinski definition) is 3. The molecule has 3 N–H and O–H groups in total. The molecule has 0 amide bonds. The third kappa shape index (κ3) is 34.4. The van der Waals surface area contributed by atoms with Gasteiger partial charge >= 0.3 is 0 Å². The van der Waals surface area contributed by atoms with E-state index in [9.17, 15) is 18.8 Å². The zero-order chi connectivity index (χ0) is 89.4. The van der Waals surface area contributed by atoms with E-state index in [4.69, 9.17) is 25.3 Å². The standard InChI is InChI=1S/2C24H20N.C19H17FN.C18H14N.C12H10N.3C5H8O2.4Ir/c1-16-4-9-19(10-5-16)21-15-24(20-11-6-17(2)7-12-20)25-23-13-8-18(3)14-22(21)23;1-16-7-10-19(11-8-16)21-15-24(20-6-4-5-17(2)13-20)25-23-12-9-18(3)14-22(21)23;1-13(2)10-15-11-19(14-6-4-3-5-7-14)21-18-9-8-16(20)12-17(15)18;1-14-12-18(16-10-6-3-7-11-16)19-13-17(14)15-8-4-2-5-9-15;1-10-7-8-13-12(9-10)11-5-3-2-4-6-11;3*1-4(6)3-5(2)7;;;;/h4-11,13-15H,1-3H3;4-5,7-15H,1-3H3;3-6,8-9,11-13H,10H2,1-2H3;2-10,12-13H,1H3;2-5,7-9H,1H3;3*3,6H,1-2H3;;;;/q5*-1;;;;;;;. The number of aryl methyl sites for hydroxylation is 8. The van der Waals surface area contributed by atoms with Gasteiger partial charge in [-0.2, -0.15) is 0 Å². The van der Waals surface area contributed by atoms with Gasteiger partial charge in [-0.1, -0.05) is 177 Å². The number of ketones is 3. The summed E-state index contributed by atoms with van der Waals surface area (Å²) in [6, 6.07) is 110. The van der Waals surface area contributed by atoms with E-state index in [1.165, 1.54) is 154 Å². The summed E-state index contributed by atoms with van der Waals surface area (Å²) >= 11 is 0. The molecule has 0 aliphatic heterocycles. The van der Waals surface area contributed by atoms with Crippen LogP contribution in [-0.2, 0) is 101 Å². The Labute approximate surface area is 808 Å². The number of carbonyl (C=O) groups excluding carboxylic acids is 3. The fraction of sp³-hybridized carbons (Fsp3) is 0.161. The van der Waals surface area contributed by atoms with Gasteiger partial charge in [-0.25, -0.2) is 4.39 Å². The normalized spacial score (nSPS) is 10.6. The topological polar surface area (TPSA) is 176 Å². The van der Waals surface area contributed by atoms with Crippen molar-refractivity contribution < 1.29 is 115 Å². The smallest absolute Gasteiger partial charge is 0.155 e. The second kappa shape index (κ2) is 53.7. The van der Waals surface area contributed by atoms with E-state index in [1.807, 2.05) is 122 Å². The van der Waals surface area contributed by atoms with Gasteiger partial charge in [0.25, 0.3) is 0 Å². The molecule has 5 heterocycles. The van der Waals surface area contributed by atoms with Crippen molar-refractivity contribution in [1.82, 2.24) is 24.9 Å². The summed E-state index contributed by atoms with van der Waals surface area (Å²) in [6.07, 6.45) is 8.18. The first kappa shape index (κ1) is 107. The number of aliphatic hydroxyl groups is 3. The van der Waals surface area contributed by atoms with E-state index in [2.05, 4.69) is 266 Å². The molecule has 0 bridgehead atoms. The number of benzene rings is 11. The maximum Gasteiger partial charge on any atom is 0.155 e. The minimum atomic E-state index is -0.215. The largest absolute Gasteiger partial charge is 0.512 e. The molecular weight excluding hydrogens is 2300 g/mol. The molecule has 662 valence electrons. The number of aliphatic hydroxyl groups excluding tert-OH is 3. The number of aromatic nitrogens is 5. The Morgan fingerprint density at radius 1 is 0.344 bits per heavy atom. The van der Waals surface area contributed by atoms with Gasteiger partial charge in [-0.15, -0.1) is 178 Å². The molecule has 128 heavy (non-hydrogen) atoms. The van der Waals surface area contributed by atoms with E-state index in [0.29, 0.717) is 5.92 Å². The van der Waals surface area contributed by atoms with Gasteiger partial charge in [0, 0.05) is 133 Å². The molecule has 16 aromatic rings. The van der Waals surface area contributed by atoms with Crippen molar-refractivity contribution in [2.45, 2.75) is 117 Å². The molecule has 0 atom stereocenters. The van der Waals surface area contributed by atoms with E-state index in [-0.39, 0.29) is 121 Å². The second-order valence-corrected chi connectivity index (χ2v) is 30.9. The predicted molar refractivity (Wildman–Crippen MR) is 509 cm³/mol. The van der Waals surface area contributed by atoms with Crippen LogP contribution in [0.3, 0.4) is 0 Å². The summed E-state index contributed by atoms with van der Waals surface area (Å²) in [4.78, 5) is 53.3. The molecule has 0 saturated carbocycles. The maximum absolute atomic E-state index is 13.5. The minimum Gasteiger partial charge on any atom is -0.512 e. The van der Waals surface area contributed by atoms with E-state index >= 15 is 0 Å². The van der Waals surface area contributed by atoms with Crippen LogP contribution in [0.1, 0.15) is 105 Å². The van der Waals surface area contributed by atoms with Crippen molar-refractivity contribution in [3.05, 3.63) is 413 Å². The Hall–Kier alpha value is -11.9. The van der Waals surface area contributed by atoms with Crippen molar-refractivity contribution in [2.75, 3.05) is 0 Å². The third-order valence-electron chi connectivity index (χ3n) is 18.9. The Kier molecular flexibility index (Phi) is 44.7. The number of hydrogen-bond acceptors (Lipinski definition) is 11. The summed E-state index contributed by atoms with van der Waals surface area (Å²) in [5.41, 5.74) is 31.1. The zero-order valence-corrected chi connectivity index (χ0v) is 84.3. The van der Waals surface area contributed by atoms with Gasteiger partial charge in [0.15, 0.2) is 17.3 Å². The molecule has 16 rings (SSSR count). The molecule has 0 saturated heterocycles. The summed E-state index contributed by atoms with van der Waals surface area (Å²) < 4.78 is 13.5. The molecule has 11 aromatic carbocycles. The van der Waals surface area contributed by atoms with Gasteiger partial charge in [-0.05, 0) is 211 Å².